The van der Waals surface area contributed by atoms with Crippen LogP contribution in [-0.4, -0.2) is 26.8 Å². The molecule has 0 unspecified atom stereocenters. The van der Waals surface area contributed by atoms with Crippen LogP contribution in [0.2, 0.25) is 0 Å². The van der Waals surface area contributed by atoms with Crippen molar-refractivity contribution in [2.75, 3.05) is 11.1 Å². The molecular formula is C18H20N4O2S2. The zero-order valence-electron chi connectivity index (χ0n) is 15.0. The summed E-state index contributed by atoms with van der Waals surface area (Å²) in [6, 6.07) is 1.70. The Bertz CT molecular complexity index is 979. The normalized spacial score (nSPS) is 16.7. The van der Waals surface area contributed by atoms with Crippen LogP contribution in [0.3, 0.4) is 0 Å². The predicted molar refractivity (Wildman–Crippen MR) is 104 cm³/mol. The van der Waals surface area contributed by atoms with E-state index in [1.165, 1.54) is 28.6 Å². The van der Waals surface area contributed by atoms with Crippen molar-refractivity contribution in [3.63, 3.8) is 0 Å². The molecule has 1 atom stereocenters. The highest BCUT2D eigenvalue weighted by Gasteiger charge is 2.24. The maximum absolute atomic E-state index is 12.2. The molecule has 0 radical (unpaired) electrons. The van der Waals surface area contributed by atoms with E-state index >= 15 is 0 Å². The van der Waals surface area contributed by atoms with E-state index < -0.39 is 0 Å². The number of nitrogens with one attached hydrogen (secondary N) is 1. The lowest BCUT2D eigenvalue weighted by Crippen LogP contribution is -2.14. The van der Waals surface area contributed by atoms with Gasteiger partial charge in [0.05, 0.1) is 5.75 Å². The molecule has 4 rings (SSSR count). The summed E-state index contributed by atoms with van der Waals surface area (Å²) in [5, 5.41) is 8.60. The summed E-state index contributed by atoms with van der Waals surface area (Å²) >= 11 is 3.25. The van der Waals surface area contributed by atoms with Gasteiger partial charge in [0.25, 0.3) is 0 Å². The third-order valence-electron chi connectivity index (χ3n) is 4.47. The standard InChI is InChI=1S/C18H20N4O2S2/c1-9-4-5-12-13(6-9)26-18-16(12)17(19-11(3)20-18)25-8-15(23)21-14-7-10(2)24-22-14/h7,9H,4-6,8H2,1-3H3,(H,21,22,23)/t9-/m0/s1. The van der Waals surface area contributed by atoms with Crippen molar-refractivity contribution in [2.24, 2.45) is 5.92 Å². The van der Waals surface area contributed by atoms with Crippen LogP contribution < -0.4 is 5.32 Å². The van der Waals surface area contributed by atoms with Crippen LogP contribution in [-0.2, 0) is 17.6 Å². The summed E-state index contributed by atoms with van der Waals surface area (Å²) < 4.78 is 4.97. The van der Waals surface area contributed by atoms with E-state index in [1.807, 2.05) is 6.92 Å². The number of thioether (sulfide) groups is 1. The third-order valence-corrected chi connectivity index (χ3v) is 6.59. The molecule has 0 saturated carbocycles. The average Bonchev–Trinajstić information content (AvgIpc) is 3.14. The fourth-order valence-electron chi connectivity index (χ4n) is 3.25. The Morgan fingerprint density at radius 3 is 3.04 bits per heavy atom. The van der Waals surface area contributed by atoms with Gasteiger partial charge in [-0.1, -0.05) is 23.8 Å². The summed E-state index contributed by atoms with van der Waals surface area (Å²) in [4.78, 5) is 24.0. The second-order valence-corrected chi connectivity index (χ2v) is 8.82. The van der Waals surface area contributed by atoms with Gasteiger partial charge in [-0.15, -0.1) is 11.3 Å². The topological polar surface area (TPSA) is 80.9 Å². The quantitative estimate of drug-likeness (QED) is 0.534. The van der Waals surface area contributed by atoms with Crippen LogP contribution in [0.25, 0.3) is 10.2 Å². The van der Waals surface area contributed by atoms with E-state index in [-0.39, 0.29) is 11.7 Å². The minimum atomic E-state index is -0.120. The van der Waals surface area contributed by atoms with E-state index in [9.17, 15) is 4.79 Å². The molecule has 1 amide bonds. The molecule has 3 aromatic rings. The summed E-state index contributed by atoms with van der Waals surface area (Å²) in [6.45, 7) is 6.00. The highest BCUT2D eigenvalue weighted by Crippen LogP contribution is 2.40. The minimum absolute atomic E-state index is 0.120. The van der Waals surface area contributed by atoms with Crippen LogP contribution >= 0.6 is 23.1 Å². The molecule has 0 spiro atoms. The lowest BCUT2D eigenvalue weighted by Gasteiger charge is -2.18. The molecular weight excluding hydrogens is 368 g/mol. The molecule has 6 nitrogen and oxygen atoms in total. The second kappa shape index (κ2) is 7.00. The van der Waals surface area contributed by atoms with Gasteiger partial charge in [0.15, 0.2) is 5.82 Å². The highest BCUT2D eigenvalue weighted by molar-refractivity contribution is 8.00. The van der Waals surface area contributed by atoms with E-state index in [4.69, 9.17) is 4.52 Å². The van der Waals surface area contributed by atoms with Crippen molar-refractivity contribution in [1.29, 1.82) is 0 Å². The fraction of sp³-hybridized carbons (Fsp3) is 0.444. The van der Waals surface area contributed by atoms with Gasteiger partial charge in [0.2, 0.25) is 5.91 Å². The lowest BCUT2D eigenvalue weighted by molar-refractivity contribution is -0.113. The summed E-state index contributed by atoms with van der Waals surface area (Å²) in [6.07, 6.45) is 3.38. The van der Waals surface area contributed by atoms with Crippen molar-refractivity contribution in [3.05, 3.63) is 28.1 Å². The van der Waals surface area contributed by atoms with Crippen molar-refractivity contribution in [3.8, 4) is 0 Å². The number of carbonyl (C=O) groups is 1. The Kier molecular flexibility index (Phi) is 4.71. The first-order valence-electron chi connectivity index (χ1n) is 8.64. The number of hydrogen-bond acceptors (Lipinski definition) is 7. The number of fused-ring (bicyclic) bond motifs is 3. The molecule has 8 heteroatoms. The molecule has 136 valence electrons. The number of aryl methyl sites for hydroxylation is 3. The second-order valence-electron chi connectivity index (χ2n) is 6.77. The molecule has 1 aliphatic carbocycles. The summed E-state index contributed by atoms with van der Waals surface area (Å²) in [5.74, 6) is 2.74. The Morgan fingerprint density at radius 2 is 2.27 bits per heavy atom. The minimum Gasteiger partial charge on any atom is -0.360 e. The molecule has 0 fully saturated rings. The number of hydrogen-bond donors (Lipinski definition) is 1. The van der Waals surface area contributed by atoms with E-state index in [2.05, 4.69) is 27.4 Å². The largest absolute Gasteiger partial charge is 0.360 e. The Hall–Kier alpha value is -1.93. The van der Waals surface area contributed by atoms with Gasteiger partial charge in [-0.2, -0.15) is 0 Å². The zero-order chi connectivity index (χ0) is 18.3. The first-order valence-corrected chi connectivity index (χ1v) is 10.4. The monoisotopic (exact) mass is 388 g/mol. The number of aromatic nitrogens is 3. The lowest BCUT2D eigenvalue weighted by atomic mass is 9.89. The molecule has 0 aliphatic heterocycles. The maximum Gasteiger partial charge on any atom is 0.236 e. The van der Waals surface area contributed by atoms with Gasteiger partial charge >= 0.3 is 0 Å². The van der Waals surface area contributed by atoms with Gasteiger partial charge in [-0.3, -0.25) is 4.79 Å². The molecule has 0 bridgehead atoms. The molecule has 1 N–H and O–H groups in total. The zero-order valence-corrected chi connectivity index (χ0v) is 16.6. The van der Waals surface area contributed by atoms with Gasteiger partial charge in [0.1, 0.15) is 21.4 Å². The number of anilines is 1. The van der Waals surface area contributed by atoms with Crippen LogP contribution in [0.1, 0.15) is 35.4 Å². The number of nitrogens with zero attached hydrogens (tertiary/aromatic N) is 3. The first-order chi connectivity index (χ1) is 12.5. The molecule has 0 aromatic carbocycles. The number of amides is 1. The van der Waals surface area contributed by atoms with Gasteiger partial charge in [-0.05, 0) is 44.6 Å². The van der Waals surface area contributed by atoms with Crippen LogP contribution in [0, 0.1) is 19.8 Å². The van der Waals surface area contributed by atoms with Crippen LogP contribution in [0.4, 0.5) is 5.82 Å². The smallest absolute Gasteiger partial charge is 0.236 e. The number of thiophene rings is 1. The maximum atomic E-state index is 12.2. The van der Waals surface area contributed by atoms with E-state index in [0.29, 0.717) is 11.6 Å². The summed E-state index contributed by atoms with van der Waals surface area (Å²) in [5.41, 5.74) is 1.39. The van der Waals surface area contributed by atoms with Crippen LogP contribution in [0.5, 0.6) is 0 Å². The predicted octanol–water partition coefficient (Wildman–Crippen LogP) is 4.15. The van der Waals surface area contributed by atoms with Crippen molar-refractivity contribution < 1.29 is 9.32 Å². The molecule has 26 heavy (non-hydrogen) atoms. The van der Waals surface area contributed by atoms with Crippen molar-refractivity contribution in [1.82, 2.24) is 15.1 Å². The van der Waals surface area contributed by atoms with Gasteiger partial charge in [0, 0.05) is 16.3 Å². The van der Waals surface area contributed by atoms with Crippen molar-refractivity contribution >= 4 is 45.0 Å². The summed E-state index contributed by atoms with van der Waals surface area (Å²) in [7, 11) is 0. The number of rotatable bonds is 4. The third kappa shape index (κ3) is 3.48. The molecule has 3 heterocycles. The Labute approximate surface area is 159 Å². The van der Waals surface area contributed by atoms with Crippen LogP contribution in [0.15, 0.2) is 15.6 Å². The Balaban J connectivity index is 1.57. The highest BCUT2D eigenvalue weighted by atomic mass is 32.2. The van der Waals surface area contributed by atoms with Gasteiger partial charge in [-0.25, -0.2) is 9.97 Å². The molecule has 3 aromatic heterocycles. The fourth-order valence-corrected chi connectivity index (χ4v) is 5.65. The molecule has 1 aliphatic rings. The first kappa shape index (κ1) is 17.5. The van der Waals surface area contributed by atoms with E-state index in [0.717, 1.165) is 39.8 Å². The average molecular weight is 389 g/mol. The van der Waals surface area contributed by atoms with Gasteiger partial charge < -0.3 is 9.84 Å². The van der Waals surface area contributed by atoms with Crippen molar-refractivity contribution in [2.45, 2.75) is 45.1 Å². The SMILES string of the molecule is Cc1nc(SCC(=O)Nc2cc(C)on2)c2c3c(sc2n1)C[C@@H](C)CC3. The van der Waals surface area contributed by atoms with E-state index in [1.54, 1.807) is 24.3 Å². The molecule has 0 saturated heterocycles. The number of carbonyl (C=O) groups excluding carboxylic acids is 1. The Morgan fingerprint density at radius 1 is 1.42 bits per heavy atom.